The average Bonchev–Trinajstić information content (AvgIpc) is 2.92. The molecular formula is C20H25FN2O2. The third kappa shape index (κ3) is 4.27. The Labute approximate surface area is 148 Å². The normalized spacial score (nSPS) is 18.4. The van der Waals surface area contributed by atoms with Crippen molar-refractivity contribution in [2.75, 3.05) is 6.54 Å². The van der Waals surface area contributed by atoms with Crippen molar-refractivity contribution in [3.8, 4) is 11.3 Å². The monoisotopic (exact) mass is 344 g/mol. The van der Waals surface area contributed by atoms with Crippen molar-refractivity contribution in [1.29, 1.82) is 0 Å². The molecule has 1 aliphatic rings. The summed E-state index contributed by atoms with van der Waals surface area (Å²) < 4.78 is 18.6. The lowest BCUT2D eigenvalue weighted by atomic mass is 10.0. The summed E-state index contributed by atoms with van der Waals surface area (Å²) in [5.41, 5.74) is 1.58. The van der Waals surface area contributed by atoms with E-state index in [2.05, 4.69) is 19.0 Å². The lowest BCUT2D eigenvalue weighted by molar-refractivity contribution is -0.134. The fraction of sp³-hybridized carbons (Fsp3) is 0.500. The first-order valence-corrected chi connectivity index (χ1v) is 9.06. The van der Waals surface area contributed by atoms with Gasteiger partial charge in [-0.25, -0.2) is 4.39 Å². The average molecular weight is 344 g/mol. The Hall–Kier alpha value is -2.17. The van der Waals surface area contributed by atoms with Crippen molar-refractivity contribution >= 4 is 5.91 Å². The summed E-state index contributed by atoms with van der Waals surface area (Å²) in [4.78, 5) is 14.7. The van der Waals surface area contributed by atoms with Crippen LogP contribution in [0.4, 0.5) is 4.39 Å². The summed E-state index contributed by atoms with van der Waals surface area (Å²) in [6, 6.07) is 8.01. The van der Waals surface area contributed by atoms with Crippen LogP contribution in [-0.4, -0.2) is 22.5 Å². The molecule has 0 N–H and O–H groups in total. The van der Waals surface area contributed by atoms with Gasteiger partial charge in [0.05, 0.1) is 6.04 Å². The van der Waals surface area contributed by atoms with Gasteiger partial charge in [0, 0.05) is 24.6 Å². The second kappa shape index (κ2) is 7.81. The second-order valence-corrected chi connectivity index (χ2v) is 7.17. The van der Waals surface area contributed by atoms with Crippen LogP contribution in [-0.2, 0) is 4.79 Å². The smallest absolute Gasteiger partial charge is 0.223 e. The highest BCUT2D eigenvalue weighted by atomic mass is 19.1. The van der Waals surface area contributed by atoms with E-state index in [0.717, 1.165) is 43.5 Å². The summed E-state index contributed by atoms with van der Waals surface area (Å²) in [5, 5.41) is 4.23. The third-order valence-electron chi connectivity index (χ3n) is 4.65. The number of nitrogens with zero attached hydrogens (tertiary/aromatic N) is 2. The number of hydrogen-bond donors (Lipinski definition) is 0. The van der Waals surface area contributed by atoms with Crippen LogP contribution in [0, 0.1) is 11.7 Å². The highest BCUT2D eigenvalue weighted by Gasteiger charge is 2.29. The number of carbonyl (C=O) groups is 1. The zero-order chi connectivity index (χ0) is 17.8. The summed E-state index contributed by atoms with van der Waals surface area (Å²) in [5.74, 6) is 0.852. The number of carbonyl (C=O) groups excluding carboxylic acids is 1. The van der Waals surface area contributed by atoms with Crippen LogP contribution in [0.3, 0.4) is 0 Å². The molecule has 0 unspecified atom stereocenters. The zero-order valence-corrected chi connectivity index (χ0v) is 14.9. The topological polar surface area (TPSA) is 46.3 Å². The molecule has 1 fully saturated rings. The van der Waals surface area contributed by atoms with E-state index >= 15 is 0 Å². The maximum atomic E-state index is 13.1. The molecule has 1 saturated heterocycles. The Kier molecular flexibility index (Phi) is 5.51. The van der Waals surface area contributed by atoms with Gasteiger partial charge in [-0.15, -0.1) is 0 Å². The van der Waals surface area contributed by atoms with Crippen molar-refractivity contribution < 1.29 is 13.7 Å². The van der Waals surface area contributed by atoms with Crippen LogP contribution >= 0.6 is 0 Å². The molecule has 0 saturated carbocycles. The van der Waals surface area contributed by atoms with E-state index in [1.807, 2.05) is 11.0 Å². The molecule has 1 aromatic heterocycles. The number of rotatable bonds is 4. The Morgan fingerprint density at radius 2 is 2.04 bits per heavy atom. The summed E-state index contributed by atoms with van der Waals surface area (Å²) in [6.45, 7) is 4.90. The minimum absolute atomic E-state index is 0.0355. The molecule has 1 aromatic carbocycles. The van der Waals surface area contributed by atoms with Crippen LogP contribution in [0.5, 0.6) is 0 Å². The second-order valence-electron chi connectivity index (χ2n) is 7.17. The molecule has 2 aromatic rings. The number of amides is 1. The summed E-state index contributed by atoms with van der Waals surface area (Å²) in [6.07, 6.45) is 4.70. The molecule has 0 radical (unpaired) electrons. The number of benzene rings is 1. The molecule has 1 amide bonds. The number of aromatic nitrogens is 1. The number of hydrogen-bond acceptors (Lipinski definition) is 3. The van der Waals surface area contributed by atoms with Crippen LogP contribution in [0.15, 0.2) is 34.9 Å². The highest BCUT2D eigenvalue weighted by Crippen LogP contribution is 2.33. The van der Waals surface area contributed by atoms with Gasteiger partial charge in [-0.2, -0.15) is 0 Å². The van der Waals surface area contributed by atoms with Gasteiger partial charge < -0.3 is 9.42 Å². The van der Waals surface area contributed by atoms with E-state index in [1.165, 1.54) is 12.1 Å². The quantitative estimate of drug-likeness (QED) is 0.786. The predicted molar refractivity (Wildman–Crippen MR) is 94.3 cm³/mol. The molecule has 1 aliphatic heterocycles. The van der Waals surface area contributed by atoms with Crippen LogP contribution in [0.25, 0.3) is 11.3 Å². The first kappa shape index (κ1) is 17.6. The molecule has 134 valence electrons. The minimum atomic E-state index is -0.280. The SMILES string of the molecule is CC(C)CC(=O)N1CCCCC[C@H]1c1cc(-c2ccc(F)cc2)on1. The number of likely N-dealkylation sites (tertiary alicyclic amines) is 1. The molecule has 0 bridgehead atoms. The Morgan fingerprint density at radius 1 is 1.28 bits per heavy atom. The van der Waals surface area contributed by atoms with Crippen molar-refractivity contribution in [3.63, 3.8) is 0 Å². The summed E-state index contributed by atoms with van der Waals surface area (Å²) in [7, 11) is 0. The van der Waals surface area contributed by atoms with Crippen molar-refractivity contribution in [1.82, 2.24) is 10.1 Å². The summed E-state index contributed by atoms with van der Waals surface area (Å²) >= 11 is 0. The molecular weight excluding hydrogens is 319 g/mol. The van der Waals surface area contributed by atoms with E-state index in [1.54, 1.807) is 12.1 Å². The third-order valence-corrected chi connectivity index (χ3v) is 4.65. The van der Waals surface area contributed by atoms with E-state index in [-0.39, 0.29) is 17.8 Å². The largest absolute Gasteiger partial charge is 0.356 e. The standard InChI is InChI=1S/C20H25FN2O2/c1-14(2)12-20(24)23-11-5-3-4-6-18(23)17-13-19(25-22-17)15-7-9-16(21)10-8-15/h7-10,13-14,18H,3-6,11-12H2,1-2H3/t18-/m0/s1. The Bertz CT molecular complexity index is 709. The van der Waals surface area contributed by atoms with Gasteiger partial charge in [0.25, 0.3) is 0 Å². The van der Waals surface area contributed by atoms with E-state index in [0.29, 0.717) is 18.1 Å². The van der Waals surface area contributed by atoms with Gasteiger partial charge in [0.15, 0.2) is 5.76 Å². The first-order valence-electron chi connectivity index (χ1n) is 9.06. The van der Waals surface area contributed by atoms with Gasteiger partial charge in [0.2, 0.25) is 5.91 Å². The lowest BCUT2D eigenvalue weighted by Crippen LogP contribution is -2.35. The van der Waals surface area contributed by atoms with Gasteiger partial charge in [-0.1, -0.05) is 31.8 Å². The van der Waals surface area contributed by atoms with Gasteiger partial charge >= 0.3 is 0 Å². The molecule has 5 heteroatoms. The molecule has 25 heavy (non-hydrogen) atoms. The maximum Gasteiger partial charge on any atom is 0.223 e. The zero-order valence-electron chi connectivity index (χ0n) is 14.9. The first-order chi connectivity index (χ1) is 12.0. The lowest BCUT2D eigenvalue weighted by Gasteiger charge is -2.29. The molecule has 0 spiro atoms. The fourth-order valence-electron chi connectivity index (χ4n) is 3.38. The van der Waals surface area contributed by atoms with E-state index in [4.69, 9.17) is 4.52 Å². The highest BCUT2D eigenvalue weighted by molar-refractivity contribution is 5.77. The van der Waals surface area contributed by atoms with Crippen LogP contribution < -0.4 is 0 Å². The van der Waals surface area contributed by atoms with Gasteiger partial charge in [-0.3, -0.25) is 4.79 Å². The van der Waals surface area contributed by atoms with Crippen molar-refractivity contribution in [2.45, 2.75) is 52.0 Å². The van der Waals surface area contributed by atoms with Gasteiger partial charge in [0.1, 0.15) is 11.5 Å². The van der Waals surface area contributed by atoms with Gasteiger partial charge in [-0.05, 0) is 43.0 Å². The van der Waals surface area contributed by atoms with E-state index < -0.39 is 0 Å². The fourth-order valence-corrected chi connectivity index (χ4v) is 3.38. The maximum absolute atomic E-state index is 13.1. The number of halogens is 1. The predicted octanol–water partition coefficient (Wildman–Crippen LogP) is 4.97. The molecule has 1 atom stereocenters. The van der Waals surface area contributed by atoms with E-state index in [9.17, 15) is 9.18 Å². The molecule has 2 heterocycles. The molecule has 3 rings (SSSR count). The molecule has 4 nitrogen and oxygen atoms in total. The minimum Gasteiger partial charge on any atom is -0.356 e. The van der Waals surface area contributed by atoms with Crippen LogP contribution in [0.1, 0.15) is 57.7 Å². The molecule has 0 aliphatic carbocycles. The Morgan fingerprint density at radius 3 is 2.76 bits per heavy atom. The Balaban J connectivity index is 1.84. The van der Waals surface area contributed by atoms with Crippen molar-refractivity contribution in [2.24, 2.45) is 5.92 Å². The van der Waals surface area contributed by atoms with Crippen molar-refractivity contribution in [3.05, 3.63) is 41.8 Å². The van der Waals surface area contributed by atoms with Crippen LogP contribution in [0.2, 0.25) is 0 Å².